The molecule has 0 bridgehead atoms. The van der Waals surface area contributed by atoms with Crippen molar-refractivity contribution in [3.05, 3.63) is 18.2 Å². The van der Waals surface area contributed by atoms with E-state index in [9.17, 15) is 4.79 Å². The van der Waals surface area contributed by atoms with Gasteiger partial charge in [0.05, 0.1) is 19.9 Å². The highest BCUT2D eigenvalue weighted by atomic mass is 32.1. The molecule has 120 valence electrons. The molecule has 0 aliphatic heterocycles. The van der Waals surface area contributed by atoms with Gasteiger partial charge >= 0.3 is 0 Å². The van der Waals surface area contributed by atoms with E-state index in [1.807, 2.05) is 0 Å². The van der Waals surface area contributed by atoms with E-state index in [-0.39, 0.29) is 11.0 Å². The molecule has 6 heteroatoms. The van der Waals surface area contributed by atoms with Gasteiger partial charge in [-0.2, -0.15) is 0 Å². The number of hydrogen-bond acceptors (Lipinski definition) is 4. The minimum atomic E-state index is -0.0359. The fraction of sp³-hybridized carbons (Fsp3) is 0.500. The number of ether oxygens (including phenoxy) is 2. The van der Waals surface area contributed by atoms with Gasteiger partial charge in [-0.3, -0.25) is 4.79 Å². The number of benzene rings is 1. The maximum atomic E-state index is 12.0. The molecule has 1 fully saturated rings. The van der Waals surface area contributed by atoms with E-state index in [0.717, 1.165) is 12.8 Å². The number of carbonyl (C=O) groups is 1. The molecule has 0 heterocycles. The lowest BCUT2D eigenvalue weighted by atomic mass is 10.0. The highest BCUT2D eigenvalue weighted by molar-refractivity contribution is 7.80. The third-order valence-corrected chi connectivity index (χ3v) is 4.06. The number of hydrogen-bond donors (Lipinski definition) is 2. The van der Waals surface area contributed by atoms with Gasteiger partial charge in [0.25, 0.3) is 0 Å². The topological polar surface area (TPSA) is 59.6 Å². The average Bonchev–Trinajstić information content (AvgIpc) is 2.99. The van der Waals surface area contributed by atoms with Crippen LogP contribution in [0, 0.1) is 5.92 Å². The van der Waals surface area contributed by atoms with Gasteiger partial charge in [0.1, 0.15) is 11.5 Å². The first kappa shape index (κ1) is 16.5. The first-order valence-corrected chi connectivity index (χ1v) is 7.86. The van der Waals surface area contributed by atoms with Crippen molar-refractivity contribution in [3.8, 4) is 11.5 Å². The van der Waals surface area contributed by atoms with E-state index in [1.165, 1.54) is 12.8 Å². The van der Waals surface area contributed by atoms with Crippen molar-refractivity contribution in [1.82, 2.24) is 5.32 Å². The largest absolute Gasteiger partial charge is 0.497 e. The SMILES string of the molecule is COc1ccc(OC)c(NC(=S)NC(=O)CC2CCCC2)c1. The molecule has 2 rings (SSSR count). The zero-order valence-electron chi connectivity index (χ0n) is 13.0. The molecule has 2 N–H and O–H groups in total. The molecule has 1 saturated carbocycles. The summed E-state index contributed by atoms with van der Waals surface area (Å²) in [5.74, 6) is 1.77. The van der Waals surface area contributed by atoms with Gasteiger partial charge in [0.15, 0.2) is 5.11 Å². The number of anilines is 1. The Hall–Kier alpha value is -1.82. The summed E-state index contributed by atoms with van der Waals surface area (Å²) >= 11 is 5.20. The van der Waals surface area contributed by atoms with E-state index in [4.69, 9.17) is 21.7 Å². The number of nitrogens with one attached hydrogen (secondary N) is 2. The standard InChI is InChI=1S/C16H22N2O3S/c1-20-12-7-8-14(21-2)13(10-12)17-16(22)18-15(19)9-11-5-3-4-6-11/h7-8,10-11H,3-6,9H2,1-2H3,(H2,17,18,19,22). The maximum Gasteiger partial charge on any atom is 0.226 e. The normalized spacial score (nSPS) is 14.5. The molecule has 1 aromatic carbocycles. The van der Waals surface area contributed by atoms with Crippen LogP contribution in [0.3, 0.4) is 0 Å². The molecule has 0 unspecified atom stereocenters. The van der Waals surface area contributed by atoms with Crippen LogP contribution >= 0.6 is 12.2 Å². The second-order valence-electron chi connectivity index (χ2n) is 5.42. The van der Waals surface area contributed by atoms with Gasteiger partial charge in [0, 0.05) is 12.5 Å². The zero-order chi connectivity index (χ0) is 15.9. The summed E-state index contributed by atoms with van der Waals surface area (Å²) in [5.41, 5.74) is 0.660. The maximum absolute atomic E-state index is 12.0. The van der Waals surface area contributed by atoms with Crippen molar-refractivity contribution in [2.45, 2.75) is 32.1 Å². The number of thiocarbonyl (C=S) groups is 1. The van der Waals surface area contributed by atoms with Crippen LogP contribution < -0.4 is 20.1 Å². The van der Waals surface area contributed by atoms with Crippen molar-refractivity contribution in [2.75, 3.05) is 19.5 Å². The summed E-state index contributed by atoms with van der Waals surface area (Å²) in [6, 6.07) is 5.35. The molecule has 0 atom stereocenters. The van der Waals surface area contributed by atoms with Crippen LogP contribution in [0.5, 0.6) is 11.5 Å². The van der Waals surface area contributed by atoms with Crippen molar-refractivity contribution in [3.63, 3.8) is 0 Å². The lowest BCUT2D eigenvalue weighted by Crippen LogP contribution is -2.35. The van der Waals surface area contributed by atoms with Crippen molar-refractivity contribution >= 4 is 28.9 Å². The Morgan fingerprint density at radius 3 is 2.64 bits per heavy atom. The molecule has 1 aromatic rings. The third kappa shape index (κ3) is 4.59. The Balaban J connectivity index is 1.91. The van der Waals surface area contributed by atoms with E-state index in [0.29, 0.717) is 29.5 Å². The first-order chi connectivity index (χ1) is 10.6. The second-order valence-corrected chi connectivity index (χ2v) is 5.83. The molecule has 1 aliphatic rings. The van der Waals surface area contributed by atoms with Crippen LogP contribution in [0.4, 0.5) is 5.69 Å². The van der Waals surface area contributed by atoms with Crippen molar-refractivity contribution in [1.29, 1.82) is 0 Å². The van der Waals surface area contributed by atoms with E-state index in [2.05, 4.69) is 10.6 Å². The van der Waals surface area contributed by atoms with Crippen LogP contribution in [-0.2, 0) is 4.79 Å². The fourth-order valence-electron chi connectivity index (χ4n) is 2.72. The summed E-state index contributed by atoms with van der Waals surface area (Å²) in [4.78, 5) is 12.0. The number of amides is 1. The summed E-state index contributed by atoms with van der Waals surface area (Å²) in [7, 11) is 3.17. The molecular weight excluding hydrogens is 300 g/mol. The molecule has 22 heavy (non-hydrogen) atoms. The summed E-state index contributed by atoms with van der Waals surface area (Å²) in [6.45, 7) is 0. The molecule has 0 radical (unpaired) electrons. The number of methoxy groups -OCH3 is 2. The molecule has 1 amide bonds. The molecule has 0 spiro atoms. The molecule has 0 aromatic heterocycles. The molecule has 0 saturated heterocycles. The smallest absolute Gasteiger partial charge is 0.226 e. The fourth-order valence-corrected chi connectivity index (χ4v) is 2.94. The minimum absolute atomic E-state index is 0.0359. The summed E-state index contributed by atoms with van der Waals surface area (Å²) in [6.07, 6.45) is 5.26. The van der Waals surface area contributed by atoms with Crippen LogP contribution in [0.15, 0.2) is 18.2 Å². The molecular formula is C16H22N2O3S. The van der Waals surface area contributed by atoms with E-state index < -0.39 is 0 Å². The van der Waals surface area contributed by atoms with E-state index >= 15 is 0 Å². The first-order valence-electron chi connectivity index (χ1n) is 7.45. The second kappa shape index (κ2) is 7.98. The monoisotopic (exact) mass is 322 g/mol. The Kier molecular flexibility index (Phi) is 6.00. The van der Waals surface area contributed by atoms with Crippen molar-refractivity contribution < 1.29 is 14.3 Å². The zero-order valence-corrected chi connectivity index (χ0v) is 13.8. The summed E-state index contributed by atoms with van der Waals surface area (Å²) < 4.78 is 10.4. The van der Waals surface area contributed by atoms with Gasteiger partial charge in [-0.15, -0.1) is 0 Å². The quantitative estimate of drug-likeness (QED) is 0.816. The van der Waals surface area contributed by atoms with Crippen molar-refractivity contribution in [2.24, 2.45) is 5.92 Å². The lowest BCUT2D eigenvalue weighted by Gasteiger charge is -2.14. The minimum Gasteiger partial charge on any atom is -0.497 e. The Bertz CT molecular complexity index is 542. The van der Waals surface area contributed by atoms with Crippen LogP contribution in [0.25, 0.3) is 0 Å². The Morgan fingerprint density at radius 1 is 1.27 bits per heavy atom. The predicted octanol–water partition coefficient (Wildman–Crippen LogP) is 3.10. The van der Waals surface area contributed by atoms with Gasteiger partial charge in [-0.25, -0.2) is 0 Å². The van der Waals surface area contributed by atoms with Crippen LogP contribution in [-0.4, -0.2) is 25.2 Å². The number of rotatable bonds is 5. The third-order valence-electron chi connectivity index (χ3n) is 3.86. The Morgan fingerprint density at radius 2 is 2.00 bits per heavy atom. The van der Waals surface area contributed by atoms with Crippen LogP contribution in [0.2, 0.25) is 0 Å². The predicted molar refractivity (Wildman–Crippen MR) is 90.5 cm³/mol. The van der Waals surface area contributed by atoms with Gasteiger partial charge < -0.3 is 20.1 Å². The Labute approximate surface area is 136 Å². The number of carbonyl (C=O) groups excluding carboxylic acids is 1. The highest BCUT2D eigenvalue weighted by Crippen LogP contribution is 2.29. The lowest BCUT2D eigenvalue weighted by molar-refractivity contribution is -0.120. The average molecular weight is 322 g/mol. The van der Waals surface area contributed by atoms with Crippen LogP contribution in [0.1, 0.15) is 32.1 Å². The molecule has 5 nitrogen and oxygen atoms in total. The van der Waals surface area contributed by atoms with E-state index in [1.54, 1.807) is 32.4 Å². The van der Waals surface area contributed by atoms with Gasteiger partial charge in [-0.05, 0) is 43.1 Å². The summed E-state index contributed by atoms with van der Waals surface area (Å²) in [5, 5.41) is 5.99. The molecule has 1 aliphatic carbocycles. The van der Waals surface area contributed by atoms with Gasteiger partial charge in [-0.1, -0.05) is 12.8 Å². The van der Waals surface area contributed by atoms with Gasteiger partial charge in [0.2, 0.25) is 5.91 Å². The highest BCUT2D eigenvalue weighted by Gasteiger charge is 2.19.